The van der Waals surface area contributed by atoms with Crippen LogP contribution in [0.1, 0.15) is 30.4 Å². The summed E-state index contributed by atoms with van der Waals surface area (Å²) < 4.78 is 0. The van der Waals surface area contributed by atoms with Crippen LogP contribution in [0.5, 0.6) is 0 Å². The fraction of sp³-hybridized carbons (Fsp3) is 0.462. The Bertz CT molecular complexity index is 360. The molecule has 1 aliphatic carbocycles. The topological polar surface area (TPSA) is 29.1 Å². The fourth-order valence-electron chi connectivity index (χ4n) is 1.96. The predicted molar refractivity (Wildman–Crippen MR) is 61.9 cm³/mol. The van der Waals surface area contributed by atoms with Crippen molar-refractivity contribution in [2.24, 2.45) is 5.92 Å². The summed E-state index contributed by atoms with van der Waals surface area (Å²) in [5.74, 6) is 0.442. The van der Waals surface area contributed by atoms with Crippen LogP contribution >= 0.6 is 0 Å². The molecule has 0 unspecified atom stereocenters. The minimum Gasteiger partial charge on any atom is -0.326 e. The van der Waals surface area contributed by atoms with Gasteiger partial charge < -0.3 is 5.32 Å². The molecule has 0 aromatic heterocycles. The van der Waals surface area contributed by atoms with Gasteiger partial charge in [-0.1, -0.05) is 12.5 Å². The van der Waals surface area contributed by atoms with Crippen molar-refractivity contribution >= 4 is 11.6 Å². The smallest absolute Gasteiger partial charge is 0.227 e. The lowest BCUT2D eigenvalue weighted by Crippen LogP contribution is -2.28. The van der Waals surface area contributed by atoms with Gasteiger partial charge in [-0.25, -0.2) is 0 Å². The van der Waals surface area contributed by atoms with E-state index in [-0.39, 0.29) is 11.8 Å². The molecule has 2 heteroatoms. The van der Waals surface area contributed by atoms with Crippen LogP contribution < -0.4 is 5.32 Å². The number of carbonyl (C=O) groups excluding carboxylic acids is 1. The number of hydrogen-bond donors (Lipinski definition) is 1. The quantitative estimate of drug-likeness (QED) is 0.786. The van der Waals surface area contributed by atoms with Crippen LogP contribution in [-0.2, 0) is 4.79 Å². The molecule has 15 heavy (non-hydrogen) atoms. The molecule has 0 radical (unpaired) electrons. The second-order valence-electron chi connectivity index (χ2n) is 4.49. The molecule has 1 amide bonds. The van der Waals surface area contributed by atoms with Crippen molar-refractivity contribution in [2.45, 2.75) is 33.1 Å². The van der Waals surface area contributed by atoms with Crippen molar-refractivity contribution in [3.05, 3.63) is 29.3 Å². The maximum absolute atomic E-state index is 11.7. The van der Waals surface area contributed by atoms with Gasteiger partial charge >= 0.3 is 0 Å². The van der Waals surface area contributed by atoms with Crippen LogP contribution in [0, 0.1) is 19.8 Å². The van der Waals surface area contributed by atoms with E-state index in [9.17, 15) is 4.79 Å². The molecule has 1 saturated carbocycles. The van der Waals surface area contributed by atoms with E-state index in [4.69, 9.17) is 0 Å². The van der Waals surface area contributed by atoms with E-state index in [1.165, 1.54) is 17.5 Å². The third kappa shape index (κ3) is 2.38. The molecular weight excluding hydrogens is 186 g/mol. The van der Waals surface area contributed by atoms with Gasteiger partial charge in [0.15, 0.2) is 0 Å². The van der Waals surface area contributed by atoms with Crippen molar-refractivity contribution in [3.8, 4) is 0 Å². The first-order chi connectivity index (χ1) is 7.15. The molecule has 80 valence electrons. The van der Waals surface area contributed by atoms with E-state index in [0.29, 0.717) is 0 Å². The first-order valence-electron chi connectivity index (χ1n) is 5.54. The zero-order chi connectivity index (χ0) is 10.8. The second-order valence-corrected chi connectivity index (χ2v) is 4.49. The number of rotatable bonds is 2. The van der Waals surface area contributed by atoms with Gasteiger partial charge in [0.2, 0.25) is 5.91 Å². The molecule has 0 bridgehead atoms. The minimum absolute atomic E-state index is 0.186. The molecule has 1 aromatic carbocycles. The molecule has 0 spiro atoms. The highest BCUT2D eigenvalue weighted by atomic mass is 16.1. The summed E-state index contributed by atoms with van der Waals surface area (Å²) >= 11 is 0. The average molecular weight is 203 g/mol. The zero-order valence-corrected chi connectivity index (χ0v) is 9.34. The Morgan fingerprint density at radius 3 is 2.27 bits per heavy atom. The first kappa shape index (κ1) is 10.2. The zero-order valence-electron chi connectivity index (χ0n) is 9.34. The first-order valence-corrected chi connectivity index (χ1v) is 5.54. The lowest BCUT2D eigenvalue weighted by Gasteiger charge is -2.24. The lowest BCUT2D eigenvalue weighted by molar-refractivity contribution is -0.122. The third-order valence-corrected chi connectivity index (χ3v) is 2.97. The molecule has 0 saturated heterocycles. The Labute approximate surface area is 90.7 Å². The van der Waals surface area contributed by atoms with Crippen molar-refractivity contribution in [3.63, 3.8) is 0 Å². The number of nitrogens with one attached hydrogen (secondary N) is 1. The Morgan fingerprint density at radius 2 is 1.80 bits per heavy atom. The maximum atomic E-state index is 11.7. The lowest BCUT2D eigenvalue weighted by atomic mass is 9.85. The molecule has 0 heterocycles. The Kier molecular flexibility index (Phi) is 2.76. The fourth-order valence-corrected chi connectivity index (χ4v) is 1.96. The Hall–Kier alpha value is -1.31. The standard InChI is InChI=1S/C13H17NO/c1-9-6-10(2)8-12(7-9)14-13(15)11-4-3-5-11/h6-8,11H,3-5H2,1-2H3,(H,14,15). The molecule has 2 nitrogen and oxygen atoms in total. The van der Waals surface area contributed by atoms with Gasteiger partial charge in [-0.05, 0) is 49.9 Å². The number of hydrogen-bond acceptors (Lipinski definition) is 1. The van der Waals surface area contributed by atoms with Crippen LogP contribution in [0.2, 0.25) is 0 Å². The van der Waals surface area contributed by atoms with Gasteiger partial charge in [-0.15, -0.1) is 0 Å². The Balaban J connectivity index is 2.06. The molecular formula is C13H17NO. The largest absolute Gasteiger partial charge is 0.326 e. The molecule has 1 aliphatic rings. The highest BCUT2D eigenvalue weighted by molar-refractivity contribution is 5.93. The third-order valence-electron chi connectivity index (χ3n) is 2.97. The SMILES string of the molecule is Cc1cc(C)cc(NC(=O)C2CCC2)c1. The van der Waals surface area contributed by atoms with Crippen molar-refractivity contribution in [1.29, 1.82) is 0 Å². The molecule has 2 rings (SSSR count). The van der Waals surface area contributed by atoms with Gasteiger partial charge in [0, 0.05) is 11.6 Å². The number of anilines is 1. The minimum atomic E-state index is 0.186. The summed E-state index contributed by atoms with van der Waals surface area (Å²) in [4.78, 5) is 11.7. The van der Waals surface area contributed by atoms with Gasteiger partial charge in [0.05, 0.1) is 0 Å². The Morgan fingerprint density at radius 1 is 1.20 bits per heavy atom. The van der Waals surface area contributed by atoms with Crippen LogP contribution in [0.25, 0.3) is 0 Å². The van der Waals surface area contributed by atoms with Crippen molar-refractivity contribution in [2.75, 3.05) is 5.32 Å². The summed E-state index contributed by atoms with van der Waals surface area (Å²) in [6, 6.07) is 6.14. The van der Waals surface area contributed by atoms with Gasteiger partial charge in [0.1, 0.15) is 0 Å². The second kappa shape index (κ2) is 4.05. The molecule has 1 fully saturated rings. The van der Waals surface area contributed by atoms with Crippen LogP contribution in [0.4, 0.5) is 5.69 Å². The number of aryl methyl sites for hydroxylation is 2. The van der Waals surface area contributed by atoms with Crippen LogP contribution in [-0.4, -0.2) is 5.91 Å². The van der Waals surface area contributed by atoms with Gasteiger partial charge in [0.25, 0.3) is 0 Å². The van der Waals surface area contributed by atoms with Gasteiger partial charge in [-0.3, -0.25) is 4.79 Å². The van der Waals surface area contributed by atoms with Crippen LogP contribution in [0.15, 0.2) is 18.2 Å². The monoisotopic (exact) mass is 203 g/mol. The molecule has 1 N–H and O–H groups in total. The van der Waals surface area contributed by atoms with E-state index in [1.54, 1.807) is 0 Å². The normalized spacial score (nSPS) is 15.9. The molecule has 0 atom stereocenters. The van der Waals surface area contributed by atoms with E-state index in [2.05, 4.69) is 11.4 Å². The van der Waals surface area contributed by atoms with E-state index < -0.39 is 0 Å². The summed E-state index contributed by atoms with van der Waals surface area (Å²) in [6.45, 7) is 4.10. The number of carbonyl (C=O) groups is 1. The summed E-state index contributed by atoms with van der Waals surface area (Å²) in [7, 11) is 0. The van der Waals surface area contributed by atoms with E-state index in [1.807, 2.05) is 26.0 Å². The number of amides is 1. The number of benzene rings is 1. The summed E-state index contributed by atoms with van der Waals surface area (Å²) in [6.07, 6.45) is 3.30. The summed E-state index contributed by atoms with van der Waals surface area (Å²) in [5, 5.41) is 2.99. The van der Waals surface area contributed by atoms with E-state index in [0.717, 1.165) is 18.5 Å². The average Bonchev–Trinajstić information content (AvgIpc) is 1.96. The van der Waals surface area contributed by atoms with Crippen LogP contribution in [0.3, 0.4) is 0 Å². The molecule has 1 aromatic rings. The molecule has 0 aliphatic heterocycles. The maximum Gasteiger partial charge on any atom is 0.227 e. The summed E-state index contributed by atoms with van der Waals surface area (Å²) in [5.41, 5.74) is 3.32. The van der Waals surface area contributed by atoms with E-state index >= 15 is 0 Å². The van der Waals surface area contributed by atoms with Crippen molar-refractivity contribution in [1.82, 2.24) is 0 Å². The van der Waals surface area contributed by atoms with Crippen molar-refractivity contribution < 1.29 is 4.79 Å². The highest BCUT2D eigenvalue weighted by Crippen LogP contribution is 2.27. The van der Waals surface area contributed by atoms with Gasteiger partial charge in [-0.2, -0.15) is 0 Å². The highest BCUT2D eigenvalue weighted by Gasteiger charge is 2.25. The predicted octanol–water partition coefficient (Wildman–Crippen LogP) is 3.04.